The molecule has 0 unspecified atom stereocenters. The molecule has 1 aliphatic carbocycles. The molecule has 1 aliphatic rings. The van der Waals surface area contributed by atoms with Crippen molar-refractivity contribution in [3.63, 3.8) is 0 Å². The summed E-state index contributed by atoms with van der Waals surface area (Å²) in [6.07, 6.45) is 4.44. The van der Waals surface area contributed by atoms with E-state index in [1.165, 1.54) is 12.8 Å². The highest BCUT2D eigenvalue weighted by Crippen LogP contribution is 2.25. The van der Waals surface area contributed by atoms with Gasteiger partial charge in [0.25, 0.3) is 0 Å². The number of hydrogen-bond acceptors (Lipinski definition) is 2. The minimum Gasteiger partial charge on any atom is -0.481 e. The van der Waals surface area contributed by atoms with E-state index in [9.17, 15) is 9.59 Å². The molecule has 0 saturated heterocycles. The fourth-order valence-electron chi connectivity index (χ4n) is 2.56. The average Bonchev–Trinajstić information content (AvgIpc) is 2.78. The molecule has 0 aromatic rings. The van der Waals surface area contributed by atoms with E-state index in [0.29, 0.717) is 6.04 Å². The predicted octanol–water partition coefficient (Wildman–Crippen LogP) is 2.56. The van der Waals surface area contributed by atoms with E-state index < -0.39 is 5.97 Å². The van der Waals surface area contributed by atoms with Crippen LogP contribution in [0, 0.1) is 0 Å². The number of urea groups is 1. The van der Waals surface area contributed by atoms with E-state index in [2.05, 4.69) is 0 Å². The Labute approximate surface area is 115 Å². The molecule has 0 spiro atoms. The smallest absolute Gasteiger partial charge is 0.320 e. The van der Waals surface area contributed by atoms with Gasteiger partial charge in [-0.05, 0) is 33.6 Å². The van der Waals surface area contributed by atoms with Gasteiger partial charge < -0.3 is 14.9 Å². The summed E-state index contributed by atoms with van der Waals surface area (Å²) >= 11 is 0. The van der Waals surface area contributed by atoms with Crippen molar-refractivity contribution in [3.8, 4) is 0 Å². The standard InChI is InChI=1S/C14H26N2O3/c1-14(2,3)16(10-9-12(17)18)13(19)15(4)11-7-5-6-8-11/h11H,5-10H2,1-4H3,(H,17,18). The summed E-state index contributed by atoms with van der Waals surface area (Å²) in [5, 5.41) is 8.81. The highest BCUT2D eigenvalue weighted by molar-refractivity contribution is 5.76. The van der Waals surface area contributed by atoms with Crippen LogP contribution in [-0.2, 0) is 4.79 Å². The number of hydrogen-bond donors (Lipinski definition) is 1. The van der Waals surface area contributed by atoms with Crippen molar-refractivity contribution in [2.45, 2.75) is 64.5 Å². The number of carboxylic acid groups (broad SMARTS) is 1. The van der Waals surface area contributed by atoms with E-state index in [1.807, 2.05) is 27.8 Å². The van der Waals surface area contributed by atoms with Crippen LogP contribution >= 0.6 is 0 Å². The summed E-state index contributed by atoms with van der Waals surface area (Å²) in [5.41, 5.74) is -0.362. The molecule has 0 bridgehead atoms. The lowest BCUT2D eigenvalue weighted by Crippen LogP contribution is -2.53. The Balaban J connectivity index is 2.72. The van der Waals surface area contributed by atoms with E-state index >= 15 is 0 Å². The summed E-state index contributed by atoms with van der Waals surface area (Å²) in [5.74, 6) is -0.870. The van der Waals surface area contributed by atoms with Crippen LogP contribution in [0.4, 0.5) is 4.79 Å². The summed E-state index contributed by atoms with van der Waals surface area (Å²) in [6, 6.07) is 0.253. The molecule has 0 radical (unpaired) electrons. The minimum atomic E-state index is -0.870. The summed E-state index contributed by atoms with van der Waals surface area (Å²) in [6.45, 7) is 6.08. The summed E-state index contributed by atoms with van der Waals surface area (Å²) in [7, 11) is 1.83. The quantitative estimate of drug-likeness (QED) is 0.854. The summed E-state index contributed by atoms with van der Waals surface area (Å²) in [4.78, 5) is 26.7. The number of carbonyl (C=O) groups is 2. The molecule has 1 saturated carbocycles. The average molecular weight is 270 g/mol. The zero-order chi connectivity index (χ0) is 14.6. The molecule has 0 aromatic carbocycles. The van der Waals surface area contributed by atoms with Crippen molar-refractivity contribution < 1.29 is 14.7 Å². The Hall–Kier alpha value is -1.26. The molecule has 19 heavy (non-hydrogen) atoms. The highest BCUT2D eigenvalue weighted by Gasteiger charge is 2.32. The Morgan fingerprint density at radius 2 is 1.74 bits per heavy atom. The van der Waals surface area contributed by atoms with E-state index in [-0.39, 0.29) is 24.5 Å². The SMILES string of the molecule is CN(C(=O)N(CCC(=O)O)C(C)(C)C)C1CCCC1. The maximum Gasteiger partial charge on any atom is 0.320 e. The molecule has 0 heterocycles. The van der Waals surface area contributed by atoms with Crippen molar-refractivity contribution in [2.24, 2.45) is 0 Å². The first-order chi connectivity index (χ1) is 8.73. The van der Waals surface area contributed by atoms with Gasteiger partial charge in [0.2, 0.25) is 0 Å². The number of rotatable bonds is 4. The van der Waals surface area contributed by atoms with Crippen molar-refractivity contribution in [1.82, 2.24) is 9.80 Å². The molecule has 1 fully saturated rings. The second kappa shape index (κ2) is 6.26. The minimum absolute atomic E-state index is 0.0124. The zero-order valence-corrected chi connectivity index (χ0v) is 12.5. The van der Waals surface area contributed by atoms with E-state index in [0.717, 1.165) is 12.8 Å². The topological polar surface area (TPSA) is 60.9 Å². The number of amides is 2. The fraction of sp³-hybridized carbons (Fsp3) is 0.857. The van der Waals surface area contributed by atoms with Gasteiger partial charge in [0.1, 0.15) is 0 Å². The third-order valence-electron chi connectivity index (χ3n) is 3.76. The van der Waals surface area contributed by atoms with Gasteiger partial charge in [-0.1, -0.05) is 12.8 Å². The molecule has 1 N–H and O–H groups in total. The highest BCUT2D eigenvalue weighted by atomic mass is 16.4. The molecule has 0 aromatic heterocycles. The van der Waals surface area contributed by atoms with Crippen LogP contribution in [-0.4, -0.2) is 52.1 Å². The van der Waals surface area contributed by atoms with E-state index in [4.69, 9.17) is 5.11 Å². The van der Waals surface area contributed by atoms with Gasteiger partial charge >= 0.3 is 12.0 Å². The molecular formula is C14H26N2O3. The Morgan fingerprint density at radius 3 is 2.16 bits per heavy atom. The number of aliphatic carboxylic acids is 1. The Bertz CT molecular complexity index is 330. The normalized spacial score (nSPS) is 16.4. The third-order valence-corrected chi connectivity index (χ3v) is 3.76. The van der Waals surface area contributed by atoms with Crippen molar-refractivity contribution >= 4 is 12.0 Å². The molecule has 0 atom stereocenters. The second-order valence-corrected chi connectivity index (χ2v) is 6.30. The van der Waals surface area contributed by atoms with Gasteiger partial charge in [0, 0.05) is 25.2 Å². The first-order valence-corrected chi connectivity index (χ1v) is 6.99. The Kier molecular flexibility index (Phi) is 5.20. The van der Waals surface area contributed by atoms with Gasteiger partial charge in [0.05, 0.1) is 6.42 Å². The maximum absolute atomic E-state index is 12.5. The first-order valence-electron chi connectivity index (χ1n) is 6.99. The van der Waals surface area contributed by atoms with Gasteiger partial charge in [0.15, 0.2) is 0 Å². The molecule has 5 nitrogen and oxygen atoms in total. The molecular weight excluding hydrogens is 244 g/mol. The van der Waals surface area contributed by atoms with Crippen LogP contribution in [0.5, 0.6) is 0 Å². The first kappa shape index (κ1) is 15.8. The van der Waals surface area contributed by atoms with Crippen LogP contribution in [0.3, 0.4) is 0 Å². The second-order valence-electron chi connectivity index (χ2n) is 6.30. The molecule has 1 rings (SSSR count). The Morgan fingerprint density at radius 1 is 1.21 bits per heavy atom. The van der Waals surface area contributed by atoms with Crippen LogP contribution in [0.25, 0.3) is 0 Å². The summed E-state index contributed by atoms with van der Waals surface area (Å²) < 4.78 is 0. The van der Waals surface area contributed by atoms with Crippen molar-refractivity contribution in [3.05, 3.63) is 0 Å². The van der Waals surface area contributed by atoms with Crippen LogP contribution in [0.15, 0.2) is 0 Å². The van der Waals surface area contributed by atoms with Gasteiger partial charge in [-0.3, -0.25) is 4.79 Å². The zero-order valence-electron chi connectivity index (χ0n) is 12.5. The monoisotopic (exact) mass is 270 g/mol. The lowest BCUT2D eigenvalue weighted by Gasteiger charge is -2.39. The van der Waals surface area contributed by atoms with Gasteiger partial charge in [-0.25, -0.2) is 4.79 Å². The van der Waals surface area contributed by atoms with Gasteiger partial charge in [-0.2, -0.15) is 0 Å². The lowest BCUT2D eigenvalue weighted by atomic mass is 10.1. The largest absolute Gasteiger partial charge is 0.481 e. The fourth-order valence-corrected chi connectivity index (χ4v) is 2.56. The molecule has 5 heteroatoms. The third kappa shape index (κ3) is 4.40. The van der Waals surface area contributed by atoms with Crippen molar-refractivity contribution in [2.75, 3.05) is 13.6 Å². The van der Waals surface area contributed by atoms with Gasteiger partial charge in [-0.15, -0.1) is 0 Å². The molecule has 110 valence electrons. The van der Waals surface area contributed by atoms with Crippen LogP contribution in [0.1, 0.15) is 52.9 Å². The predicted molar refractivity (Wildman–Crippen MR) is 74.1 cm³/mol. The van der Waals surface area contributed by atoms with Crippen molar-refractivity contribution in [1.29, 1.82) is 0 Å². The number of nitrogens with zero attached hydrogens (tertiary/aromatic N) is 2. The molecule has 2 amide bonds. The molecule has 0 aliphatic heterocycles. The van der Waals surface area contributed by atoms with E-state index in [1.54, 1.807) is 9.80 Å². The lowest BCUT2D eigenvalue weighted by molar-refractivity contribution is -0.137. The van der Waals surface area contributed by atoms with Crippen LogP contribution in [0.2, 0.25) is 0 Å². The van der Waals surface area contributed by atoms with Crippen LogP contribution < -0.4 is 0 Å². The maximum atomic E-state index is 12.5. The number of carbonyl (C=O) groups excluding carboxylic acids is 1. The number of carboxylic acids is 1.